The molecule has 0 aliphatic heterocycles. The van der Waals surface area contributed by atoms with Gasteiger partial charge in [-0.3, -0.25) is 5.41 Å². The third kappa shape index (κ3) is 3.75. The van der Waals surface area contributed by atoms with Gasteiger partial charge in [-0.05, 0) is 42.0 Å². The third-order valence-electron chi connectivity index (χ3n) is 2.98. The van der Waals surface area contributed by atoms with Gasteiger partial charge in [0.25, 0.3) is 0 Å². The van der Waals surface area contributed by atoms with Crippen molar-refractivity contribution in [1.29, 1.82) is 5.41 Å². The summed E-state index contributed by atoms with van der Waals surface area (Å²) in [5, 5.41) is 7.32. The first kappa shape index (κ1) is 13.9. The molecule has 2 aromatic rings. The second-order valence-corrected chi connectivity index (χ2v) is 4.38. The Morgan fingerprint density at radius 2 is 1.60 bits per heavy atom. The van der Waals surface area contributed by atoms with Crippen LogP contribution in [0.25, 0.3) is 0 Å². The van der Waals surface area contributed by atoms with Gasteiger partial charge >= 0.3 is 0 Å². The molecular weight excluding hydrogens is 252 g/mol. The average Bonchev–Trinajstić information content (AvgIpc) is 2.48. The van der Waals surface area contributed by atoms with Crippen molar-refractivity contribution in [2.45, 2.75) is 6.42 Å². The Balaban J connectivity index is 1.84. The van der Waals surface area contributed by atoms with Crippen LogP contribution < -0.4 is 15.2 Å². The first-order chi connectivity index (χ1) is 9.69. The van der Waals surface area contributed by atoms with Crippen LogP contribution in [0.15, 0.2) is 48.5 Å². The Hall–Kier alpha value is -2.49. The highest BCUT2D eigenvalue weighted by Gasteiger charge is 1.99. The van der Waals surface area contributed by atoms with E-state index in [1.807, 2.05) is 36.4 Å². The van der Waals surface area contributed by atoms with E-state index in [4.69, 9.17) is 20.6 Å². The molecule has 0 spiro atoms. The van der Waals surface area contributed by atoms with Gasteiger partial charge in [0.15, 0.2) is 0 Å². The molecule has 0 saturated heterocycles. The lowest BCUT2D eigenvalue weighted by molar-refractivity contribution is 0.322. The Morgan fingerprint density at radius 1 is 1.00 bits per heavy atom. The standard InChI is InChI=1S/C16H18N2O2/c1-19-14-6-2-12(3-7-14)10-11-20-15-8-4-13(5-9-15)16(17)18/h2-9H,10-11H2,1H3,(H3,17,18). The fraction of sp³-hybridized carbons (Fsp3) is 0.188. The number of rotatable bonds is 6. The van der Waals surface area contributed by atoms with Crippen molar-refractivity contribution in [3.63, 3.8) is 0 Å². The zero-order chi connectivity index (χ0) is 14.4. The number of hydrogen-bond donors (Lipinski definition) is 2. The second-order valence-electron chi connectivity index (χ2n) is 4.38. The summed E-state index contributed by atoms with van der Waals surface area (Å²) in [6.45, 7) is 0.603. The van der Waals surface area contributed by atoms with E-state index in [0.717, 1.165) is 17.9 Å². The van der Waals surface area contributed by atoms with Crippen molar-refractivity contribution in [3.8, 4) is 11.5 Å². The highest BCUT2D eigenvalue weighted by Crippen LogP contribution is 2.14. The third-order valence-corrected chi connectivity index (χ3v) is 2.98. The highest BCUT2D eigenvalue weighted by molar-refractivity contribution is 5.94. The SMILES string of the molecule is COc1ccc(CCOc2ccc(C(=N)N)cc2)cc1. The number of methoxy groups -OCH3 is 1. The summed E-state index contributed by atoms with van der Waals surface area (Å²) in [5.41, 5.74) is 7.30. The van der Waals surface area contributed by atoms with E-state index < -0.39 is 0 Å². The zero-order valence-corrected chi connectivity index (χ0v) is 11.4. The van der Waals surface area contributed by atoms with Crippen LogP contribution in [0.4, 0.5) is 0 Å². The molecule has 0 unspecified atom stereocenters. The quantitative estimate of drug-likeness (QED) is 0.626. The largest absolute Gasteiger partial charge is 0.497 e. The van der Waals surface area contributed by atoms with Crippen molar-refractivity contribution in [3.05, 3.63) is 59.7 Å². The predicted octanol–water partition coefficient (Wildman–Crippen LogP) is 2.60. The molecule has 0 heterocycles. The number of benzene rings is 2. The number of nitrogens with one attached hydrogen (secondary N) is 1. The smallest absolute Gasteiger partial charge is 0.122 e. The zero-order valence-electron chi connectivity index (χ0n) is 11.4. The molecule has 0 aliphatic rings. The minimum atomic E-state index is 0.0646. The molecule has 0 aromatic heterocycles. The number of hydrogen-bond acceptors (Lipinski definition) is 3. The topological polar surface area (TPSA) is 68.3 Å². The number of nitrogens with two attached hydrogens (primary N) is 1. The molecule has 2 rings (SSSR count). The summed E-state index contributed by atoms with van der Waals surface area (Å²) in [6, 6.07) is 15.2. The Morgan fingerprint density at radius 3 is 2.15 bits per heavy atom. The molecule has 0 aliphatic carbocycles. The Kier molecular flexibility index (Phi) is 4.60. The summed E-state index contributed by atoms with van der Waals surface area (Å²) in [6.07, 6.45) is 0.832. The molecule has 0 bridgehead atoms. The summed E-state index contributed by atoms with van der Waals surface area (Å²) >= 11 is 0. The lowest BCUT2D eigenvalue weighted by Crippen LogP contribution is -2.10. The molecule has 3 N–H and O–H groups in total. The Bertz CT molecular complexity index is 562. The fourth-order valence-electron chi connectivity index (χ4n) is 1.81. The lowest BCUT2D eigenvalue weighted by atomic mass is 10.1. The van der Waals surface area contributed by atoms with E-state index >= 15 is 0 Å². The van der Waals surface area contributed by atoms with Crippen LogP contribution in [-0.4, -0.2) is 19.6 Å². The minimum absolute atomic E-state index is 0.0646. The summed E-state index contributed by atoms with van der Waals surface area (Å²) in [4.78, 5) is 0. The van der Waals surface area contributed by atoms with Gasteiger partial charge in [0.1, 0.15) is 17.3 Å². The van der Waals surface area contributed by atoms with Crippen LogP contribution in [0, 0.1) is 5.41 Å². The van der Waals surface area contributed by atoms with Gasteiger partial charge in [-0.2, -0.15) is 0 Å². The molecule has 20 heavy (non-hydrogen) atoms. The minimum Gasteiger partial charge on any atom is -0.497 e. The summed E-state index contributed by atoms with van der Waals surface area (Å²) in [5.74, 6) is 1.70. The average molecular weight is 270 g/mol. The van der Waals surface area contributed by atoms with Crippen molar-refractivity contribution in [2.24, 2.45) is 5.73 Å². The monoisotopic (exact) mass is 270 g/mol. The normalized spacial score (nSPS) is 10.1. The van der Waals surface area contributed by atoms with Gasteiger partial charge in [-0.15, -0.1) is 0 Å². The van der Waals surface area contributed by atoms with Gasteiger partial charge in [0.2, 0.25) is 0 Å². The van der Waals surface area contributed by atoms with Crippen LogP contribution in [0.1, 0.15) is 11.1 Å². The molecule has 0 amide bonds. The number of ether oxygens (including phenoxy) is 2. The molecule has 104 valence electrons. The van der Waals surface area contributed by atoms with Crippen LogP contribution in [0.5, 0.6) is 11.5 Å². The van der Waals surface area contributed by atoms with E-state index in [0.29, 0.717) is 12.2 Å². The van der Waals surface area contributed by atoms with Gasteiger partial charge in [-0.1, -0.05) is 12.1 Å². The maximum absolute atomic E-state index is 7.32. The number of amidine groups is 1. The van der Waals surface area contributed by atoms with Gasteiger partial charge in [0.05, 0.1) is 13.7 Å². The molecule has 2 aromatic carbocycles. The Labute approximate surface area is 118 Å². The van der Waals surface area contributed by atoms with E-state index in [1.54, 1.807) is 19.2 Å². The molecule has 0 saturated carbocycles. The van der Waals surface area contributed by atoms with Crippen LogP contribution >= 0.6 is 0 Å². The van der Waals surface area contributed by atoms with Crippen LogP contribution in [0.3, 0.4) is 0 Å². The van der Waals surface area contributed by atoms with Crippen LogP contribution in [0.2, 0.25) is 0 Å². The summed E-state index contributed by atoms with van der Waals surface area (Å²) < 4.78 is 10.8. The summed E-state index contributed by atoms with van der Waals surface area (Å²) in [7, 11) is 1.66. The first-order valence-electron chi connectivity index (χ1n) is 6.39. The van der Waals surface area contributed by atoms with Gasteiger partial charge in [0, 0.05) is 12.0 Å². The van der Waals surface area contributed by atoms with Crippen LogP contribution in [-0.2, 0) is 6.42 Å². The van der Waals surface area contributed by atoms with Gasteiger partial charge in [-0.25, -0.2) is 0 Å². The molecule has 4 heteroatoms. The van der Waals surface area contributed by atoms with Gasteiger partial charge < -0.3 is 15.2 Å². The van der Waals surface area contributed by atoms with Crippen molar-refractivity contribution < 1.29 is 9.47 Å². The van der Waals surface area contributed by atoms with Crippen molar-refractivity contribution in [1.82, 2.24) is 0 Å². The lowest BCUT2D eigenvalue weighted by Gasteiger charge is -2.07. The maximum Gasteiger partial charge on any atom is 0.122 e. The van der Waals surface area contributed by atoms with E-state index in [2.05, 4.69) is 0 Å². The van der Waals surface area contributed by atoms with Crippen molar-refractivity contribution in [2.75, 3.05) is 13.7 Å². The highest BCUT2D eigenvalue weighted by atomic mass is 16.5. The maximum atomic E-state index is 7.32. The molecular formula is C16H18N2O2. The van der Waals surface area contributed by atoms with E-state index in [1.165, 1.54) is 5.56 Å². The molecule has 0 fully saturated rings. The predicted molar refractivity (Wildman–Crippen MR) is 79.7 cm³/mol. The number of nitrogen functional groups attached to an aromatic ring is 1. The molecule has 0 radical (unpaired) electrons. The fourth-order valence-corrected chi connectivity index (χ4v) is 1.81. The molecule has 4 nitrogen and oxygen atoms in total. The second kappa shape index (κ2) is 6.61. The first-order valence-corrected chi connectivity index (χ1v) is 6.39. The van der Waals surface area contributed by atoms with E-state index in [9.17, 15) is 0 Å². The molecule has 0 atom stereocenters. The van der Waals surface area contributed by atoms with E-state index in [-0.39, 0.29) is 5.84 Å². The van der Waals surface area contributed by atoms with Crippen molar-refractivity contribution >= 4 is 5.84 Å².